The molecule has 2 unspecified atom stereocenters. The number of rotatable bonds is 3. The molecule has 0 aromatic carbocycles. The fourth-order valence-corrected chi connectivity index (χ4v) is 2.94. The van der Waals surface area contributed by atoms with Gasteiger partial charge in [-0.1, -0.05) is 25.9 Å². The molecule has 6 heteroatoms. The lowest BCUT2D eigenvalue weighted by Crippen LogP contribution is -2.48. The molecule has 5 nitrogen and oxygen atoms in total. The van der Waals surface area contributed by atoms with Gasteiger partial charge in [0.1, 0.15) is 0 Å². The molecule has 1 aromatic heterocycles. The van der Waals surface area contributed by atoms with Crippen LogP contribution < -0.4 is 5.32 Å². The Morgan fingerprint density at radius 3 is 2.62 bits per heavy atom. The van der Waals surface area contributed by atoms with Crippen molar-refractivity contribution >= 4 is 29.9 Å². The molecule has 2 heterocycles. The van der Waals surface area contributed by atoms with Gasteiger partial charge in [-0.25, -0.2) is 0 Å². The fraction of sp³-hybridized carbons (Fsp3) is 0.733. The van der Waals surface area contributed by atoms with E-state index in [4.69, 9.17) is 4.52 Å². The number of likely N-dealkylation sites (tertiary alicyclic amines) is 1. The number of nitrogens with one attached hydrogen (secondary N) is 1. The SMILES string of the molecule is CCc1cc(CNC(=NC)N2CC(C)CC(C)C2)on1.I. The summed E-state index contributed by atoms with van der Waals surface area (Å²) >= 11 is 0. The number of nitrogens with zero attached hydrogens (tertiary/aromatic N) is 3. The van der Waals surface area contributed by atoms with Crippen LogP contribution in [0.5, 0.6) is 0 Å². The highest BCUT2D eigenvalue weighted by Crippen LogP contribution is 2.20. The zero-order chi connectivity index (χ0) is 14.5. The van der Waals surface area contributed by atoms with Crippen molar-refractivity contribution < 1.29 is 4.52 Å². The molecule has 0 radical (unpaired) electrons. The van der Waals surface area contributed by atoms with Crippen molar-refractivity contribution in [2.75, 3.05) is 20.1 Å². The van der Waals surface area contributed by atoms with E-state index in [1.807, 2.05) is 13.1 Å². The topological polar surface area (TPSA) is 53.7 Å². The maximum absolute atomic E-state index is 5.29. The van der Waals surface area contributed by atoms with Gasteiger partial charge in [-0.2, -0.15) is 0 Å². The standard InChI is InChI=1S/C15H26N4O.HI/c1-5-13-7-14(20-18-13)8-17-15(16-4)19-9-11(2)6-12(3)10-19;/h7,11-12H,5-6,8-10H2,1-4H3,(H,16,17);1H. The molecule has 0 spiro atoms. The first-order valence-electron chi connectivity index (χ1n) is 7.52. The van der Waals surface area contributed by atoms with Gasteiger partial charge in [-0.05, 0) is 24.7 Å². The summed E-state index contributed by atoms with van der Waals surface area (Å²) in [7, 11) is 1.84. The Hall–Kier alpha value is -0.790. The molecule has 1 aliphatic rings. The van der Waals surface area contributed by atoms with E-state index in [0.29, 0.717) is 18.4 Å². The van der Waals surface area contributed by atoms with Crippen molar-refractivity contribution in [2.45, 2.75) is 40.2 Å². The van der Waals surface area contributed by atoms with Crippen molar-refractivity contribution in [1.82, 2.24) is 15.4 Å². The highest BCUT2D eigenvalue weighted by molar-refractivity contribution is 14.0. The minimum absolute atomic E-state index is 0. The largest absolute Gasteiger partial charge is 0.359 e. The molecule has 120 valence electrons. The zero-order valence-corrected chi connectivity index (χ0v) is 15.8. The lowest BCUT2D eigenvalue weighted by Gasteiger charge is -2.36. The van der Waals surface area contributed by atoms with Gasteiger partial charge in [0, 0.05) is 26.2 Å². The third-order valence-corrected chi connectivity index (χ3v) is 3.77. The van der Waals surface area contributed by atoms with Crippen LogP contribution in [0.4, 0.5) is 0 Å². The van der Waals surface area contributed by atoms with Crippen molar-refractivity contribution in [3.05, 3.63) is 17.5 Å². The smallest absolute Gasteiger partial charge is 0.194 e. The van der Waals surface area contributed by atoms with Crippen LogP contribution in [0.25, 0.3) is 0 Å². The third kappa shape index (κ3) is 5.16. The maximum atomic E-state index is 5.29. The molecule has 1 aromatic rings. The van der Waals surface area contributed by atoms with E-state index in [1.54, 1.807) is 0 Å². The number of piperidine rings is 1. The molecule has 0 aliphatic carbocycles. The van der Waals surface area contributed by atoms with E-state index in [0.717, 1.165) is 36.9 Å². The van der Waals surface area contributed by atoms with E-state index in [2.05, 4.69) is 41.1 Å². The molecule has 1 saturated heterocycles. The van der Waals surface area contributed by atoms with Crippen LogP contribution in [0.3, 0.4) is 0 Å². The first-order valence-corrected chi connectivity index (χ1v) is 7.52. The highest BCUT2D eigenvalue weighted by Gasteiger charge is 2.24. The molecule has 2 atom stereocenters. The average Bonchev–Trinajstić information content (AvgIpc) is 2.86. The molecule has 1 fully saturated rings. The summed E-state index contributed by atoms with van der Waals surface area (Å²) in [6.07, 6.45) is 2.20. The second-order valence-corrected chi connectivity index (χ2v) is 5.89. The van der Waals surface area contributed by atoms with Crippen molar-refractivity contribution in [2.24, 2.45) is 16.8 Å². The van der Waals surface area contributed by atoms with E-state index >= 15 is 0 Å². The molecule has 0 saturated carbocycles. The van der Waals surface area contributed by atoms with Gasteiger partial charge < -0.3 is 14.7 Å². The van der Waals surface area contributed by atoms with Crippen LogP contribution in [0, 0.1) is 11.8 Å². The summed E-state index contributed by atoms with van der Waals surface area (Å²) in [4.78, 5) is 6.74. The zero-order valence-electron chi connectivity index (χ0n) is 13.4. The van der Waals surface area contributed by atoms with Gasteiger partial charge in [0.15, 0.2) is 11.7 Å². The molecular formula is C15H27IN4O. The predicted molar refractivity (Wildman–Crippen MR) is 96.0 cm³/mol. The Kier molecular flexibility index (Phi) is 7.48. The van der Waals surface area contributed by atoms with E-state index in [1.165, 1.54) is 6.42 Å². The number of hydrogen-bond donors (Lipinski definition) is 1. The normalized spacial score (nSPS) is 22.9. The summed E-state index contributed by atoms with van der Waals surface area (Å²) < 4.78 is 5.29. The second kappa shape index (κ2) is 8.60. The lowest BCUT2D eigenvalue weighted by molar-refractivity contribution is 0.208. The van der Waals surface area contributed by atoms with Crippen LogP contribution in [0.2, 0.25) is 0 Å². The Labute approximate surface area is 144 Å². The second-order valence-electron chi connectivity index (χ2n) is 5.89. The van der Waals surface area contributed by atoms with Gasteiger partial charge in [0.25, 0.3) is 0 Å². The van der Waals surface area contributed by atoms with Gasteiger partial charge >= 0.3 is 0 Å². The fourth-order valence-electron chi connectivity index (χ4n) is 2.94. The molecule has 1 N–H and O–H groups in total. The maximum Gasteiger partial charge on any atom is 0.194 e. The molecule has 0 bridgehead atoms. The minimum Gasteiger partial charge on any atom is -0.359 e. The van der Waals surface area contributed by atoms with Crippen molar-refractivity contribution in [3.8, 4) is 0 Å². The lowest BCUT2D eigenvalue weighted by atomic mass is 9.92. The highest BCUT2D eigenvalue weighted by atomic mass is 127. The van der Waals surface area contributed by atoms with Gasteiger partial charge in [-0.3, -0.25) is 4.99 Å². The summed E-state index contributed by atoms with van der Waals surface area (Å²) in [5.74, 6) is 3.25. The van der Waals surface area contributed by atoms with Crippen LogP contribution in [0.1, 0.15) is 38.6 Å². The summed E-state index contributed by atoms with van der Waals surface area (Å²) in [6, 6.07) is 2.00. The van der Waals surface area contributed by atoms with Crippen LogP contribution in [0.15, 0.2) is 15.6 Å². The summed E-state index contributed by atoms with van der Waals surface area (Å²) in [5.41, 5.74) is 0.997. The Morgan fingerprint density at radius 2 is 2.10 bits per heavy atom. The Morgan fingerprint density at radius 1 is 1.43 bits per heavy atom. The van der Waals surface area contributed by atoms with Crippen LogP contribution in [-0.4, -0.2) is 36.2 Å². The quantitative estimate of drug-likeness (QED) is 0.477. The number of hydrogen-bond acceptors (Lipinski definition) is 3. The molecule has 0 amide bonds. The Bertz CT molecular complexity index is 450. The van der Waals surface area contributed by atoms with Crippen LogP contribution >= 0.6 is 24.0 Å². The summed E-state index contributed by atoms with van der Waals surface area (Å²) in [6.45, 7) is 9.46. The van der Waals surface area contributed by atoms with Crippen molar-refractivity contribution in [3.63, 3.8) is 0 Å². The van der Waals surface area contributed by atoms with E-state index < -0.39 is 0 Å². The molecule has 1 aliphatic heterocycles. The van der Waals surface area contributed by atoms with Crippen molar-refractivity contribution in [1.29, 1.82) is 0 Å². The summed E-state index contributed by atoms with van der Waals surface area (Å²) in [5, 5.41) is 7.38. The van der Waals surface area contributed by atoms with Crippen LogP contribution in [-0.2, 0) is 13.0 Å². The van der Waals surface area contributed by atoms with Gasteiger partial charge in [0.2, 0.25) is 0 Å². The number of aliphatic imine (C=N–C) groups is 1. The Balaban J connectivity index is 0.00000220. The van der Waals surface area contributed by atoms with E-state index in [-0.39, 0.29) is 24.0 Å². The molecular weight excluding hydrogens is 379 g/mol. The monoisotopic (exact) mass is 406 g/mol. The first-order chi connectivity index (χ1) is 9.62. The van der Waals surface area contributed by atoms with E-state index in [9.17, 15) is 0 Å². The predicted octanol–water partition coefficient (Wildman–Crippen LogP) is 2.91. The first kappa shape index (κ1) is 18.3. The van der Waals surface area contributed by atoms with Gasteiger partial charge in [-0.15, -0.1) is 24.0 Å². The average molecular weight is 406 g/mol. The number of guanidine groups is 1. The molecule has 2 rings (SSSR count). The number of halogens is 1. The number of aryl methyl sites for hydroxylation is 1. The number of aromatic nitrogens is 1. The van der Waals surface area contributed by atoms with Gasteiger partial charge in [0.05, 0.1) is 12.2 Å². The minimum atomic E-state index is 0. The molecule has 21 heavy (non-hydrogen) atoms. The third-order valence-electron chi connectivity index (χ3n) is 3.77.